The summed E-state index contributed by atoms with van der Waals surface area (Å²) in [5.74, 6) is 0.693. The third-order valence-electron chi connectivity index (χ3n) is 2.36. The minimum absolute atomic E-state index is 0.209. The Kier molecular flexibility index (Phi) is 5.38. The lowest BCUT2D eigenvalue weighted by Gasteiger charge is -2.17. The van der Waals surface area contributed by atoms with Gasteiger partial charge in [0.1, 0.15) is 5.75 Å². The Bertz CT molecular complexity index is 437. The first kappa shape index (κ1) is 14.2. The molecule has 1 aromatic rings. The molecule has 0 saturated carbocycles. The number of ether oxygens (including phenoxy) is 1. The van der Waals surface area contributed by atoms with Gasteiger partial charge < -0.3 is 20.7 Å². The number of anilines is 1. The minimum Gasteiger partial charge on any atom is -0.497 e. The molecule has 18 heavy (non-hydrogen) atoms. The quantitative estimate of drug-likeness (QED) is 0.799. The second kappa shape index (κ2) is 6.80. The average Bonchev–Trinajstić information content (AvgIpc) is 2.36. The van der Waals surface area contributed by atoms with Crippen LogP contribution in [0.15, 0.2) is 24.3 Å². The summed E-state index contributed by atoms with van der Waals surface area (Å²) in [4.78, 5) is 13.7. The van der Waals surface area contributed by atoms with Gasteiger partial charge in [-0.1, -0.05) is 18.3 Å². The average molecular weight is 267 g/mol. The fraction of sp³-hybridized carbons (Fsp3) is 0.333. The van der Waals surface area contributed by atoms with E-state index in [2.05, 4.69) is 5.32 Å². The molecule has 0 aliphatic heterocycles. The number of carbonyl (C=O) groups excluding carboxylic acids is 1. The molecular weight excluding hydrogens is 250 g/mol. The number of nitrogens with two attached hydrogens (primary N) is 1. The summed E-state index contributed by atoms with van der Waals surface area (Å²) in [6.45, 7) is 0.491. The van der Waals surface area contributed by atoms with Gasteiger partial charge in [-0.15, -0.1) is 0 Å². The van der Waals surface area contributed by atoms with Gasteiger partial charge in [0.05, 0.1) is 12.1 Å². The fourth-order valence-electron chi connectivity index (χ4n) is 1.30. The predicted molar refractivity (Wildman–Crippen MR) is 76.0 cm³/mol. The Morgan fingerprint density at radius 2 is 2.28 bits per heavy atom. The van der Waals surface area contributed by atoms with Crippen molar-refractivity contribution in [1.82, 2.24) is 4.90 Å². The van der Waals surface area contributed by atoms with Crippen molar-refractivity contribution in [2.24, 2.45) is 5.73 Å². The number of hydrogen-bond donors (Lipinski definition) is 2. The van der Waals surface area contributed by atoms with Gasteiger partial charge in [0.15, 0.2) is 0 Å². The molecule has 0 bridgehead atoms. The summed E-state index contributed by atoms with van der Waals surface area (Å²) in [5, 5.41) is 2.76. The van der Waals surface area contributed by atoms with Crippen molar-refractivity contribution in [2.45, 2.75) is 6.42 Å². The molecule has 0 aliphatic carbocycles. The summed E-state index contributed by atoms with van der Waals surface area (Å²) in [6, 6.07) is 6.95. The molecule has 1 aromatic carbocycles. The number of urea groups is 1. The van der Waals surface area contributed by atoms with Gasteiger partial charge in [-0.25, -0.2) is 4.79 Å². The number of amides is 2. The zero-order valence-electron chi connectivity index (χ0n) is 10.5. The van der Waals surface area contributed by atoms with Crippen LogP contribution in [0.1, 0.15) is 6.42 Å². The molecule has 0 fully saturated rings. The van der Waals surface area contributed by atoms with Crippen LogP contribution in [0.2, 0.25) is 0 Å². The molecule has 0 radical (unpaired) electrons. The summed E-state index contributed by atoms with van der Waals surface area (Å²) in [6.07, 6.45) is 0.511. The highest BCUT2D eigenvalue weighted by Crippen LogP contribution is 2.16. The lowest BCUT2D eigenvalue weighted by atomic mass is 10.3. The third-order valence-corrected chi connectivity index (χ3v) is 2.57. The van der Waals surface area contributed by atoms with Crippen LogP contribution in [-0.4, -0.2) is 36.6 Å². The molecule has 0 heterocycles. The maximum atomic E-state index is 11.8. The second-order valence-corrected chi connectivity index (χ2v) is 4.32. The Hall–Kier alpha value is -1.82. The zero-order chi connectivity index (χ0) is 13.5. The molecule has 0 aromatic heterocycles. The van der Waals surface area contributed by atoms with Gasteiger partial charge >= 0.3 is 6.03 Å². The van der Waals surface area contributed by atoms with Crippen LogP contribution < -0.4 is 15.8 Å². The summed E-state index contributed by atoms with van der Waals surface area (Å²) in [5.41, 5.74) is 6.07. The molecule has 0 saturated heterocycles. The van der Waals surface area contributed by atoms with Crippen molar-refractivity contribution in [3.63, 3.8) is 0 Å². The molecular formula is C12H17N3O2S. The van der Waals surface area contributed by atoms with Crippen molar-refractivity contribution in [2.75, 3.05) is 26.0 Å². The number of nitrogens with zero attached hydrogens (tertiary/aromatic N) is 1. The number of thiocarbonyl (C=S) groups is 1. The first-order chi connectivity index (χ1) is 8.52. The summed E-state index contributed by atoms with van der Waals surface area (Å²) < 4.78 is 5.08. The fourth-order valence-corrected chi connectivity index (χ4v) is 1.39. The van der Waals surface area contributed by atoms with Gasteiger partial charge in [0, 0.05) is 31.8 Å². The SMILES string of the molecule is COc1cccc(NC(=O)N(C)CCC(N)=S)c1. The van der Waals surface area contributed by atoms with E-state index < -0.39 is 0 Å². The largest absolute Gasteiger partial charge is 0.497 e. The predicted octanol–water partition coefficient (Wildman–Crippen LogP) is 1.84. The third kappa shape index (κ3) is 4.58. The van der Waals surface area contributed by atoms with E-state index in [0.717, 1.165) is 0 Å². The maximum absolute atomic E-state index is 11.8. The van der Waals surface area contributed by atoms with E-state index in [1.807, 2.05) is 12.1 Å². The second-order valence-electron chi connectivity index (χ2n) is 3.80. The van der Waals surface area contributed by atoms with E-state index >= 15 is 0 Å². The van der Waals surface area contributed by atoms with Crippen LogP contribution in [0.4, 0.5) is 10.5 Å². The van der Waals surface area contributed by atoms with Crippen molar-refractivity contribution >= 4 is 28.9 Å². The van der Waals surface area contributed by atoms with Crippen molar-refractivity contribution < 1.29 is 9.53 Å². The van der Waals surface area contributed by atoms with Crippen LogP contribution in [0.3, 0.4) is 0 Å². The molecule has 0 unspecified atom stereocenters. The van der Waals surface area contributed by atoms with E-state index in [1.54, 1.807) is 26.3 Å². The number of carbonyl (C=O) groups is 1. The van der Waals surface area contributed by atoms with Crippen LogP contribution in [0, 0.1) is 0 Å². The lowest BCUT2D eigenvalue weighted by Crippen LogP contribution is -2.33. The highest BCUT2D eigenvalue weighted by molar-refractivity contribution is 7.80. The highest BCUT2D eigenvalue weighted by atomic mass is 32.1. The highest BCUT2D eigenvalue weighted by Gasteiger charge is 2.09. The molecule has 3 N–H and O–H groups in total. The van der Waals surface area contributed by atoms with Crippen molar-refractivity contribution in [3.05, 3.63) is 24.3 Å². The lowest BCUT2D eigenvalue weighted by molar-refractivity contribution is 0.223. The number of nitrogens with one attached hydrogen (secondary N) is 1. The molecule has 98 valence electrons. The normalized spacial score (nSPS) is 9.67. The smallest absolute Gasteiger partial charge is 0.321 e. The van der Waals surface area contributed by atoms with Gasteiger partial charge in [0.2, 0.25) is 0 Å². The number of hydrogen-bond acceptors (Lipinski definition) is 3. The minimum atomic E-state index is -0.209. The molecule has 6 heteroatoms. The first-order valence-corrected chi connectivity index (χ1v) is 5.88. The van der Waals surface area contributed by atoms with Crippen LogP contribution in [0.5, 0.6) is 5.75 Å². The molecule has 1 rings (SSSR count). The standard InChI is InChI=1S/C12H17N3O2S/c1-15(7-6-11(13)18)12(16)14-9-4-3-5-10(8-9)17-2/h3-5,8H,6-7H2,1-2H3,(H2,13,18)(H,14,16). The monoisotopic (exact) mass is 267 g/mol. The van der Waals surface area contributed by atoms with Gasteiger partial charge in [-0.3, -0.25) is 0 Å². The first-order valence-electron chi connectivity index (χ1n) is 5.47. The zero-order valence-corrected chi connectivity index (χ0v) is 11.3. The Balaban J connectivity index is 2.55. The van der Waals surface area contributed by atoms with Crippen LogP contribution >= 0.6 is 12.2 Å². The summed E-state index contributed by atoms with van der Waals surface area (Å²) >= 11 is 4.77. The number of rotatable bonds is 5. The Labute approximate surface area is 112 Å². The molecule has 0 atom stereocenters. The summed E-state index contributed by atoms with van der Waals surface area (Å²) in [7, 11) is 3.27. The van der Waals surface area contributed by atoms with E-state index in [-0.39, 0.29) is 6.03 Å². The van der Waals surface area contributed by atoms with Crippen LogP contribution in [-0.2, 0) is 0 Å². The maximum Gasteiger partial charge on any atom is 0.321 e. The van der Waals surface area contributed by atoms with Gasteiger partial charge in [0.25, 0.3) is 0 Å². The van der Waals surface area contributed by atoms with Crippen molar-refractivity contribution in [1.29, 1.82) is 0 Å². The molecule has 5 nitrogen and oxygen atoms in total. The van der Waals surface area contributed by atoms with E-state index in [4.69, 9.17) is 22.7 Å². The Morgan fingerprint density at radius 1 is 1.56 bits per heavy atom. The molecule has 0 aliphatic rings. The van der Waals surface area contributed by atoms with Crippen LogP contribution in [0.25, 0.3) is 0 Å². The van der Waals surface area contributed by atoms with Gasteiger partial charge in [-0.05, 0) is 12.1 Å². The Morgan fingerprint density at radius 3 is 2.89 bits per heavy atom. The number of methoxy groups -OCH3 is 1. The topological polar surface area (TPSA) is 67.6 Å². The van der Waals surface area contributed by atoms with E-state index in [0.29, 0.717) is 29.4 Å². The molecule has 2 amide bonds. The van der Waals surface area contributed by atoms with Gasteiger partial charge in [-0.2, -0.15) is 0 Å². The van der Waals surface area contributed by atoms with E-state index in [1.165, 1.54) is 4.90 Å². The van der Waals surface area contributed by atoms with Crippen molar-refractivity contribution in [3.8, 4) is 5.75 Å². The number of benzene rings is 1. The van der Waals surface area contributed by atoms with E-state index in [9.17, 15) is 4.79 Å². The molecule has 0 spiro atoms.